The Morgan fingerprint density at radius 3 is 2.45 bits per heavy atom. The van der Waals surface area contributed by atoms with Gasteiger partial charge in [0.1, 0.15) is 24.6 Å². The fourth-order valence-corrected chi connectivity index (χ4v) is 7.25. The Hall–Kier alpha value is -3.56. The number of hydrogen-bond donors (Lipinski definition) is 2. The van der Waals surface area contributed by atoms with E-state index in [1.54, 1.807) is 48.8 Å². The number of rotatable bonds is 6. The number of esters is 1. The molecule has 2 N–H and O–H groups in total. The van der Waals surface area contributed by atoms with Crippen LogP contribution in [0.2, 0.25) is 0 Å². The third kappa shape index (κ3) is 8.57. The fraction of sp³-hybridized carbons (Fsp3) is 0.794. The number of fused-ring (bicyclic) bond motifs is 1. The average molecular weight is 723 g/mol. The van der Waals surface area contributed by atoms with Crippen molar-refractivity contribution in [3.63, 3.8) is 0 Å². The zero-order valence-electron chi connectivity index (χ0n) is 31.0. The monoisotopic (exact) mass is 722 g/mol. The van der Waals surface area contributed by atoms with E-state index < -0.39 is 89.7 Å². The first-order valence-electron chi connectivity index (χ1n) is 17.2. The molecule has 284 valence electrons. The zero-order valence-corrected chi connectivity index (χ0v) is 31.0. The van der Waals surface area contributed by atoms with Crippen molar-refractivity contribution >= 4 is 23.6 Å². The Morgan fingerprint density at radius 2 is 1.84 bits per heavy atom. The fourth-order valence-electron chi connectivity index (χ4n) is 7.25. The van der Waals surface area contributed by atoms with Gasteiger partial charge in [-0.05, 0) is 72.2 Å². The first kappa shape index (κ1) is 40.2. The van der Waals surface area contributed by atoms with Crippen molar-refractivity contribution < 1.29 is 52.4 Å². The Kier molecular flexibility index (Phi) is 12.3. The molecule has 0 spiro atoms. The first-order valence-corrected chi connectivity index (χ1v) is 17.2. The lowest BCUT2D eigenvalue weighted by Crippen LogP contribution is -2.60. The minimum Gasteiger partial charge on any atom is -0.455 e. The van der Waals surface area contributed by atoms with E-state index in [1.165, 1.54) is 11.7 Å². The van der Waals surface area contributed by atoms with E-state index in [9.17, 15) is 24.3 Å². The zero-order chi connectivity index (χ0) is 38.1. The molecule has 51 heavy (non-hydrogen) atoms. The van der Waals surface area contributed by atoms with Crippen LogP contribution in [0.1, 0.15) is 80.0 Å². The molecule has 1 aromatic rings. The van der Waals surface area contributed by atoms with Crippen molar-refractivity contribution in [1.82, 2.24) is 30.4 Å². The number of aliphatic hydroxyl groups excluding tert-OH is 1. The largest absolute Gasteiger partial charge is 0.455 e. The predicted molar refractivity (Wildman–Crippen MR) is 176 cm³/mol. The first-order chi connectivity index (χ1) is 23.7. The highest BCUT2D eigenvalue weighted by molar-refractivity contribution is 6.07. The van der Waals surface area contributed by atoms with Gasteiger partial charge in [-0.2, -0.15) is 4.80 Å². The molecule has 3 aliphatic rings. The number of carbonyl (C=O) groups excluding carboxylic acids is 4. The molecular weight excluding hydrogens is 671 g/mol. The molecule has 0 aromatic carbocycles. The number of aryl methyl sites for hydroxylation is 1. The lowest BCUT2D eigenvalue weighted by atomic mass is 9.75. The van der Waals surface area contributed by atoms with Crippen LogP contribution < -0.4 is 5.32 Å². The van der Waals surface area contributed by atoms with E-state index in [2.05, 4.69) is 32.6 Å². The van der Waals surface area contributed by atoms with Crippen LogP contribution >= 0.6 is 0 Å². The summed E-state index contributed by atoms with van der Waals surface area (Å²) in [5.41, 5.74) is -6.33. The van der Waals surface area contributed by atoms with Crippen molar-refractivity contribution in [2.45, 2.75) is 134 Å². The summed E-state index contributed by atoms with van der Waals surface area (Å²) >= 11 is 0. The van der Waals surface area contributed by atoms with Gasteiger partial charge in [0, 0.05) is 24.3 Å². The molecule has 1 unspecified atom stereocenters. The summed E-state index contributed by atoms with van der Waals surface area (Å²) in [5, 5.41) is 25.6. The normalized spacial score (nSPS) is 39.7. The second kappa shape index (κ2) is 15.6. The Morgan fingerprint density at radius 1 is 1.16 bits per heavy atom. The number of aromatic nitrogens is 4. The molecule has 17 heteroatoms. The van der Waals surface area contributed by atoms with E-state index in [0.29, 0.717) is 6.42 Å². The van der Waals surface area contributed by atoms with Gasteiger partial charge in [0.05, 0.1) is 30.9 Å². The molecule has 0 bridgehead atoms. The van der Waals surface area contributed by atoms with Gasteiger partial charge in [-0.15, -0.1) is 5.10 Å². The highest BCUT2D eigenvalue weighted by atomic mass is 19.1. The Labute approximate surface area is 297 Å². The second-order valence-corrected chi connectivity index (χ2v) is 14.6. The number of carbonyl (C=O) groups is 4. The van der Waals surface area contributed by atoms with E-state index in [1.807, 2.05) is 11.8 Å². The van der Waals surface area contributed by atoms with Gasteiger partial charge in [-0.3, -0.25) is 9.59 Å². The number of hydrogen-bond acceptors (Lipinski definition) is 14. The molecule has 3 aliphatic heterocycles. The molecule has 3 fully saturated rings. The van der Waals surface area contributed by atoms with Crippen molar-refractivity contribution in [2.24, 2.45) is 18.9 Å². The molecule has 4 heterocycles. The Bertz CT molecular complexity index is 1530. The minimum absolute atomic E-state index is 0.0827. The maximum atomic E-state index is 16.5. The van der Waals surface area contributed by atoms with Gasteiger partial charge >= 0.3 is 12.1 Å². The van der Waals surface area contributed by atoms with Crippen LogP contribution in [0.3, 0.4) is 0 Å². The van der Waals surface area contributed by atoms with Gasteiger partial charge < -0.3 is 39.0 Å². The number of ether oxygens (including phenoxy) is 5. The summed E-state index contributed by atoms with van der Waals surface area (Å²) in [4.78, 5) is 57.2. The van der Waals surface area contributed by atoms with Crippen molar-refractivity contribution in [3.05, 3.63) is 5.82 Å². The number of likely N-dealkylation sites (N-methyl/N-ethyl adjacent to an activating group) is 1. The number of halogens is 1. The summed E-state index contributed by atoms with van der Waals surface area (Å²) in [6, 6.07) is -1.36. The molecule has 4 rings (SSSR count). The number of ketones is 2. The number of Topliss-reactive ketones (excluding diaryl/α,β-unsaturated/α-hetero) is 2. The number of amides is 1. The molecular formula is C34H51FN6O10. The van der Waals surface area contributed by atoms with Gasteiger partial charge in [-0.1, -0.05) is 31.8 Å². The van der Waals surface area contributed by atoms with Gasteiger partial charge in [0.25, 0.3) is 5.67 Å². The van der Waals surface area contributed by atoms with E-state index in [-0.39, 0.29) is 37.2 Å². The topological polar surface area (TPSA) is 194 Å². The SMILES string of the molecule is CC[C@H]1OC(=O)[C@@](C)(F)C(=O)C[C@@H](OC2O[C@H](C)C[C@H](N(C)C)[C@H]2O)[C@@](C)(OCC#Cc2nnn(C)n2)C[C@@H](C)C(=O)[C@H](C)[C@H]2NC(=O)O[C@@]21C. The van der Waals surface area contributed by atoms with Crippen LogP contribution in [0.25, 0.3) is 0 Å². The standard InChI is InChI=1S/C34H51FN6O10/c1-11-23-34(7)28(36-31(46)51-34)20(4)26(43)18(2)17-32(5,47-14-12-13-25-37-39-41(10)38-25)24(16-22(42)33(6,35)30(45)50-23)49-29-27(44)21(40(8)9)15-19(3)48-29/h18-21,23-24,27-29,44H,11,14-17H2,1-10H3,(H,36,46)/t18-,19-,20+,21+,23-,24-,27-,28-,29?,32+,33+,34-/m1/s1. The third-order valence-corrected chi connectivity index (χ3v) is 10.3. The van der Waals surface area contributed by atoms with E-state index in [4.69, 9.17) is 23.7 Å². The molecule has 1 amide bonds. The highest BCUT2D eigenvalue weighted by Crippen LogP contribution is 2.40. The van der Waals surface area contributed by atoms with Gasteiger partial charge in [0.15, 0.2) is 17.7 Å². The minimum atomic E-state index is -3.18. The molecule has 0 radical (unpaired) electrons. The number of tetrazole rings is 1. The van der Waals surface area contributed by atoms with Crippen LogP contribution in [0.5, 0.6) is 0 Å². The van der Waals surface area contributed by atoms with E-state index in [0.717, 1.165) is 6.92 Å². The maximum Gasteiger partial charge on any atom is 0.408 e. The predicted octanol–water partition coefficient (Wildman–Crippen LogP) is 1.27. The van der Waals surface area contributed by atoms with Crippen molar-refractivity contribution in [1.29, 1.82) is 0 Å². The smallest absolute Gasteiger partial charge is 0.408 e. The molecule has 0 aliphatic carbocycles. The number of alkyl carbamates (subject to hydrolysis) is 1. The summed E-state index contributed by atoms with van der Waals surface area (Å²) in [5.74, 6) is 0.995. The quantitative estimate of drug-likeness (QED) is 0.242. The van der Waals surface area contributed by atoms with Crippen LogP contribution in [0, 0.1) is 23.7 Å². The number of nitrogens with one attached hydrogen (secondary N) is 1. The average Bonchev–Trinajstić information content (AvgIpc) is 3.62. The third-order valence-electron chi connectivity index (χ3n) is 10.3. The lowest BCUT2D eigenvalue weighted by Gasteiger charge is -2.46. The van der Waals surface area contributed by atoms with Crippen LogP contribution in [0.4, 0.5) is 9.18 Å². The number of cyclic esters (lactones) is 1. The highest BCUT2D eigenvalue weighted by Gasteiger charge is 2.58. The lowest BCUT2D eigenvalue weighted by molar-refractivity contribution is -0.290. The van der Waals surface area contributed by atoms with Crippen LogP contribution in [-0.2, 0) is 45.1 Å². The molecule has 3 saturated heterocycles. The van der Waals surface area contributed by atoms with Gasteiger partial charge in [0.2, 0.25) is 5.82 Å². The summed E-state index contributed by atoms with van der Waals surface area (Å²) < 4.78 is 46.4. The summed E-state index contributed by atoms with van der Waals surface area (Å²) in [6.07, 6.45) is -6.54. The second-order valence-electron chi connectivity index (χ2n) is 14.6. The number of alkyl halides is 1. The number of nitrogens with zero attached hydrogens (tertiary/aromatic N) is 5. The number of aliphatic hydroxyl groups is 1. The van der Waals surface area contributed by atoms with Crippen molar-refractivity contribution in [2.75, 3.05) is 20.7 Å². The summed E-state index contributed by atoms with van der Waals surface area (Å²) in [7, 11) is 5.18. The van der Waals surface area contributed by atoms with Gasteiger partial charge in [-0.25, -0.2) is 14.0 Å². The van der Waals surface area contributed by atoms with Crippen molar-refractivity contribution in [3.8, 4) is 11.8 Å². The molecule has 16 nitrogen and oxygen atoms in total. The molecule has 12 atom stereocenters. The molecule has 1 aromatic heterocycles. The Balaban J connectivity index is 1.80. The summed E-state index contributed by atoms with van der Waals surface area (Å²) in [6.45, 7) is 10.4. The van der Waals surface area contributed by atoms with Crippen LogP contribution in [0.15, 0.2) is 0 Å². The maximum absolute atomic E-state index is 16.5. The van der Waals surface area contributed by atoms with E-state index >= 15 is 4.39 Å². The van der Waals surface area contributed by atoms with Crippen LogP contribution in [-0.4, -0.2) is 134 Å². The molecule has 0 saturated carbocycles.